The van der Waals surface area contributed by atoms with E-state index in [2.05, 4.69) is 0 Å². The first-order valence-corrected chi connectivity index (χ1v) is 9.00. The Morgan fingerprint density at radius 1 is 1.15 bits per heavy atom. The van der Waals surface area contributed by atoms with Crippen LogP contribution in [0.1, 0.15) is 35.7 Å². The lowest BCUT2D eigenvalue weighted by molar-refractivity contribution is -0.133. The van der Waals surface area contributed by atoms with Crippen molar-refractivity contribution < 1.29 is 14.7 Å². The van der Waals surface area contributed by atoms with E-state index in [1.54, 1.807) is 23.1 Å². The molecule has 5 heteroatoms. The summed E-state index contributed by atoms with van der Waals surface area (Å²) in [5.41, 5.74) is 1.54. The van der Waals surface area contributed by atoms with Crippen LogP contribution in [-0.2, 0) is 11.3 Å². The summed E-state index contributed by atoms with van der Waals surface area (Å²) in [6, 6.07) is 16.3. The first-order valence-electron chi connectivity index (χ1n) is 9.00. The van der Waals surface area contributed by atoms with E-state index >= 15 is 0 Å². The van der Waals surface area contributed by atoms with Gasteiger partial charge in [-0.25, -0.2) is 0 Å². The van der Waals surface area contributed by atoms with E-state index in [1.165, 1.54) is 6.07 Å². The number of carbonyl (C=O) groups excluding carboxylic acids is 2. The van der Waals surface area contributed by atoms with E-state index in [1.807, 2.05) is 42.2 Å². The van der Waals surface area contributed by atoms with E-state index < -0.39 is 0 Å². The molecule has 0 saturated carbocycles. The van der Waals surface area contributed by atoms with Gasteiger partial charge in [0.25, 0.3) is 5.91 Å². The fourth-order valence-electron chi connectivity index (χ4n) is 3.37. The largest absolute Gasteiger partial charge is 0.508 e. The SMILES string of the molecule is CC[C@@H]1CN(C(=O)c2cccc(O)c2)CCC(=O)N1Cc1ccccc1. The van der Waals surface area contributed by atoms with Gasteiger partial charge < -0.3 is 14.9 Å². The van der Waals surface area contributed by atoms with Gasteiger partial charge in [0, 0.05) is 37.7 Å². The number of phenolic OH excluding ortho intramolecular Hbond substituents is 1. The molecule has 1 aliphatic heterocycles. The molecule has 1 aliphatic rings. The molecule has 0 aromatic heterocycles. The summed E-state index contributed by atoms with van der Waals surface area (Å²) in [5, 5.41) is 9.63. The maximum atomic E-state index is 12.8. The number of phenols is 1. The third-order valence-corrected chi connectivity index (χ3v) is 4.84. The number of benzene rings is 2. The molecule has 2 aromatic rings. The minimum Gasteiger partial charge on any atom is -0.508 e. The van der Waals surface area contributed by atoms with Crippen molar-refractivity contribution in [2.45, 2.75) is 32.4 Å². The van der Waals surface area contributed by atoms with Crippen LogP contribution in [0, 0.1) is 0 Å². The number of hydrogen-bond donors (Lipinski definition) is 1. The Balaban J connectivity index is 1.78. The topological polar surface area (TPSA) is 60.9 Å². The second-order valence-corrected chi connectivity index (χ2v) is 6.62. The average Bonchev–Trinajstić information content (AvgIpc) is 2.81. The van der Waals surface area contributed by atoms with Crippen LogP contribution in [0.4, 0.5) is 0 Å². The van der Waals surface area contributed by atoms with Gasteiger partial charge in [0.2, 0.25) is 5.91 Å². The van der Waals surface area contributed by atoms with Gasteiger partial charge in [-0.05, 0) is 30.2 Å². The van der Waals surface area contributed by atoms with Gasteiger partial charge in [-0.2, -0.15) is 0 Å². The molecular formula is C21H24N2O3. The Morgan fingerprint density at radius 2 is 1.92 bits per heavy atom. The molecule has 1 saturated heterocycles. The summed E-state index contributed by atoms with van der Waals surface area (Å²) in [7, 11) is 0. The number of nitrogens with zero attached hydrogens (tertiary/aromatic N) is 2. The maximum Gasteiger partial charge on any atom is 0.254 e. The van der Waals surface area contributed by atoms with Crippen LogP contribution in [0.5, 0.6) is 5.75 Å². The smallest absolute Gasteiger partial charge is 0.254 e. The summed E-state index contributed by atoms with van der Waals surface area (Å²) in [4.78, 5) is 29.1. The van der Waals surface area contributed by atoms with Crippen LogP contribution in [0.15, 0.2) is 54.6 Å². The first-order chi connectivity index (χ1) is 12.6. The van der Waals surface area contributed by atoms with E-state index in [-0.39, 0.29) is 23.6 Å². The van der Waals surface area contributed by atoms with Crippen molar-refractivity contribution in [3.8, 4) is 5.75 Å². The van der Waals surface area contributed by atoms with Crippen molar-refractivity contribution in [2.75, 3.05) is 13.1 Å². The van der Waals surface area contributed by atoms with Gasteiger partial charge in [-0.15, -0.1) is 0 Å². The summed E-state index contributed by atoms with van der Waals surface area (Å²) in [5.74, 6) is 0.000108. The molecule has 2 amide bonds. The van der Waals surface area contributed by atoms with Gasteiger partial charge in [-0.3, -0.25) is 9.59 Å². The summed E-state index contributed by atoms with van der Waals surface area (Å²) in [6.45, 7) is 3.50. The van der Waals surface area contributed by atoms with Crippen LogP contribution in [0.25, 0.3) is 0 Å². The maximum absolute atomic E-state index is 12.8. The van der Waals surface area contributed by atoms with Gasteiger partial charge in [0.05, 0.1) is 0 Å². The number of aromatic hydroxyl groups is 1. The predicted molar refractivity (Wildman–Crippen MR) is 99.7 cm³/mol. The fourth-order valence-corrected chi connectivity index (χ4v) is 3.37. The third-order valence-electron chi connectivity index (χ3n) is 4.84. The summed E-state index contributed by atoms with van der Waals surface area (Å²) in [6.07, 6.45) is 1.09. The second-order valence-electron chi connectivity index (χ2n) is 6.62. The van der Waals surface area contributed by atoms with E-state index in [0.717, 1.165) is 12.0 Å². The lowest BCUT2D eigenvalue weighted by Gasteiger charge is -2.31. The van der Waals surface area contributed by atoms with Gasteiger partial charge in [-0.1, -0.05) is 43.3 Å². The van der Waals surface area contributed by atoms with E-state index in [0.29, 0.717) is 31.6 Å². The standard InChI is InChI=1S/C21H24N2O3/c1-2-18-15-22(21(26)17-9-6-10-19(24)13-17)12-11-20(25)23(18)14-16-7-4-3-5-8-16/h3-10,13,18,24H,2,11-12,14-15H2,1H3/t18-/m1/s1. The average molecular weight is 352 g/mol. The van der Waals surface area contributed by atoms with E-state index in [4.69, 9.17) is 0 Å². The van der Waals surface area contributed by atoms with Crippen molar-refractivity contribution in [1.82, 2.24) is 9.80 Å². The molecule has 0 bridgehead atoms. The summed E-state index contributed by atoms with van der Waals surface area (Å²) < 4.78 is 0. The van der Waals surface area contributed by atoms with Crippen LogP contribution in [0.3, 0.4) is 0 Å². The van der Waals surface area contributed by atoms with E-state index in [9.17, 15) is 14.7 Å². The Kier molecular flexibility index (Phi) is 5.56. The van der Waals surface area contributed by atoms with Crippen molar-refractivity contribution in [3.63, 3.8) is 0 Å². The quantitative estimate of drug-likeness (QED) is 0.920. The lowest BCUT2D eigenvalue weighted by Crippen LogP contribution is -2.43. The zero-order valence-electron chi connectivity index (χ0n) is 15.0. The Hall–Kier alpha value is -2.82. The molecule has 2 aromatic carbocycles. The Bertz CT molecular complexity index is 776. The molecule has 1 fully saturated rings. The molecule has 1 atom stereocenters. The molecule has 0 aliphatic carbocycles. The molecular weight excluding hydrogens is 328 g/mol. The van der Waals surface area contributed by atoms with Crippen molar-refractivity contribution >= 4 is 11.8 Å². The Labute approximate surface area is 153 Å². The molecule has 0 unspecified atom stereocenters. The van der Waals surface area contributed by atoms with Crippen LogP contribution < -0.4 is 0 Å². The van der Waals surface area contributed by atoms with Crippen molar-refractivity contribution in [1.29, 1.82) is 0 Å². The van der Waals surface area contributed by atoms with Crippen LogP contribution in [0.2, 0.25) is 0 Å². The molecule has 0 spiro atoms. The highest BCUT2D eigenvalue weighted by Gasteiger charge is 2.31. The number of carbonyl (C=O) groups is 2. The third kappa shape index (κ3) is 4.04. The predicted octanol–water partition coefficient (Wildman–Crippen LogP) is 3.05. The van der Waals surface area contributed by atoms with Gasteiger partial charge in [0.1, 0.15) is 5.75 Å². The fraction of sp³-hybridized carbons (Fsp3) is 0.333. The monoisotopic (exact) mass is 352 g/mol. The molecule has 26 heavy (non-hydrogen) atoms. The second kappa shape index (κ2) is 8.04. The van der Waals surface area contributed by atoms with Crippen molar-refractivity contribution in [2.24, 2.45) is 0 Å². The van der Waals surface area contributed by atoms with Crippen LogP contribution in [-0.4, -0.2) is 45.9 Å². The molecule has 5 nitrogen and oxygen atoms in total. The number of hydrogen-bond acceptors (Lipinski definition) is 3. The minimum atomic E-state index is -0.145. The minimum absolute atomic E-state index is 0.0218. The molecule has 136 valence electrons. The van der Waals surface area contributed by atoms with Gasteiger partial charge >= 0.3 is 0 Å². The normalized spacial score (nSPS) is 17.9. The number of amides is 2. The zero-order valence-corrected chi connectivity index (χ0v) is 15.0. The summed E-state index contributed by atoms with van der Waals surface area (Å²) >= 11 is 0. The lowest BCUT2D eigenvalue weighted by atomic mass is 10.1. The molecule has 1 heterocycles. The molecule has 1 N–H and O–H groups in total. The molecule has 3 rings (SSSR count). The van der Waals surface area contributed by atoms with Crippen molar-refractivity contribution in [3.05, 3.63) is 65.7 Å². The highest BCUT2D eigenvalue weighted by atomic mass is 16.3. The molecule has 0 radical (unpaired) electrons. The zero-order chi connectivity index (χ0) is 18.5. The van der Waals surface area contributed by atoms with Crippen LogP contribution >= 0.6 is 0 Å². The highest BCUT2D eigenvalue weighted by Crippen LogP contribution is 2.20. The highest BCUT2D eigenvalue weighted by molar-refractivity contribution is 5.95. The van der Waals surface area contributed by atoms with Gasteiger partial charge in [0.15, 0.2) is 0 Å². The Morgan fingerprint density at radius 3 is 2.62 bits per heavy atom. The first kappa shape index (κ1) is 18.0. The number of rotatable bonds is 4.